The second kappa shape index (κ2) is 16.6. The van der Waals surface area contributed by atoms with E-state index in [9.17, 15) is 0 Å². The molecule has 7 heteroatoms. The highest BCUT2D eigenvalue weighted by Gasteiger charge is 2.27. The third-order valence-corrected chi connectivity index (χ3v) is 15.4. The van der Waals surface area contributed by atoms with Gasteiger partial charge >= 0.3 is 0 Å². The molecular formula is C69H43N7. The largest absolute Gasteiger partial charge is 0.309 e. The molecule has 0 unspecified atom stereocenters. The topological polar surface area (TPSA) is 58.4 Å². The first-order valence-electron chi connectivity index (χ1n) is 25.8. The molecule has 0 aliphatic rings. The van der Waals surface area contributed by atoms with Crippen LogP contribution in [-0.2, 0) is 0 Å². The molecular weight excluding hydrogens is 927 g/mol. The monoisotopic (exact) mass is 969 g/mol. The van der Waals surface area contributed by atoms with Crippen LogP contribution in [0.4, 0.5) is 0 Å². The van der Waals surface area contributed by atoms with Gasteiger partial charge in [0.25, 0.3) is 0 Å². The van der Waals surface area contributed by atoms with Crippen LogP contribution in [0.3, 0.4) is 0 Å². The zero-order valence-corrected chi connectivity index (χ0v) is 41.0. The number of aromatic nitrogens is 7. The van der Waals surface area contributed by atoms with E-state index >= 15 is 0 Å². The molecule has 0 amide bonds. The van der Waals surface area contributed by atoms with E-state index < -0.39 is 0 Å². The molecule has 0 radical (unpaired) electrons. The summed E-state index contributed by atoms with van der Waals surface area (Å²) in [5, 5.41) is 9.28. The molecule has 0 saturated carbocycles. The highest BCUT2D eigenvalue weighted by atomic mass is 15.1. The number of nitrogens with zero attached hydrogens (tertiary/aromatic N) is 7. The number of fused-ring (bicyclic) bond motifs is 14. The minimum atomic E-state index is 0.578. The molecule has 0 aliphatic carbocycles. The normalized spacial score (nSPS) is 11.9. The summed E-state index contributed by atoms with van der Waals surface area (Å²) in [5.41, 5.74) is 15.9. The molecule has 5 heterocycles. The van der Waals surface area contributed by atoms with E-state index in [-0.39, 0.29) is 0 Å². The highest BCUT2D eigenvalue weighted by Crippen LogP contribution is 2.48. The van der Waals surface area contributed by atoms with E-state index in [1.165, 1.54) is 32.3 Å². The number of benzene rings is 11. The van der Waals surface area contributed by atoms with Gasteiger partial charge in [0.2, 0.25) is 0 Å². The number of rotatable bonds is 7. The van der Waals surface area contributed by atoms with E-state index in [2.05, 4.69) is 243 Å². The molecule has 0 fully saturated rings. The first-order chi connectivity index (χ1) is 37.7. The number of hydrogen-bond donors (Lipinski definition) is 0. The molecule has 76 heavy (non-hydrogen) atoms. The standard InChI is InChI=1S/C69H43N7/c1-6-22-44(23-7-1)67-70-68(45-24-8-2-9-25-45)72-69(71-67)56-43-49(75-57-35-19-16-32-50(57)51-38-40-60-62(65(51)75)53-33-17-20-36-58(53)73(60)46-26-10-3-11-27-46)42-55-52-39-41-61-63(66(52)76(64(55)56)48-30-14-5-15-31-48)54-34-18-21-37-59(54)74(61)47-28-12-4-13-29-47/h1-43H. The molecule has 0 spiro atoms. The van der Waals surface area contributed by atoms with Gasteiger partial charge in [-0.25, -0.2) is 15.0 Å². The van der Waals surface area contributed by atoms with Crippen molar-refractivity contribution in [2.45, 2.75) is 0 Å². The fourth-order valence-electron chi connectivity index (χ4n) is 12.2. The Morgan fingerprint density at radius 1 is 0.224 bits per heavy atom. The van der Waals surface area contributed by atoms with Gasteiger partial charge in [-0.15, -0.1) is 0 Å². The summed E-state index contributed by atoms with van der Waals surface area (Å²) in [6, 6.07) is 93.3. The predicted octanol–water partition coefficient (Wildman–Crippen LogP) is 17.3. The van der Waals surface area contributed by atoms with Gasteiger partial charge in [-0.1, -0.05) is 182 Å². The lowest BCUT2D eigenvalue weighted by Gasteiger charge is -2.16. The summed E-state index contributed by atoms with van der Waals surface area (Å²) in [7, 11) is 0. The van der Waals surface area contributed by atoms with Crippen molar-refractivity contribution < 1.29 is 0 Å². The lowest BCUT2D eigenvalue weighted by atomic mass is 10.0. The molecule has 11 aromatic carbocycles. The summed E-state index contributed by atoms with van der Waals surface area (Å²) in [5.74, 6) is 1.78. The smallest absolute Gasteiger partial charge is 0.166 e. The minimum Gasteiger partial charge on any atom is -0.309 e. The van der Waals surface area contributed by atoms with E-state index in [4.69, 9.17) is 15.0 Å². The molecule has 0 saturated heterocycles. The van der Waals surface area contributed by atoms with Crippen molar-refractivity contribution in [3.63, 3.8) is 0 Å². The van der Waals surface area contributed by atoms with E-state index in [1.54, 1.807) is 0 Å². The summed E-state index contributed by atoms with van der Waals surface area (Å²) in [6.07, 6.45) is 0. The summed E-state index contributed by atoms with van der Waals surface area (Å²) in [4.78, 5) is 16.3. The van der Waals surface area contributed by atoms with Crippen molar-refractivity contribution >= 4 is 87.2 Å². The average molecular weight is 970 g/mol. The van der Waals surface area contributed by atoms with Crippen LogP contribution < -0.4 is 0 Å². The van der Waals surface area contributed by atoms with Gasteiger partial charge in [-0.3, -0.25) is 0 Å². The fraction of sp³-hybridized carbons (Fsp3) is 0. The quantitative estimate of drug-likeness (QED) is 0.160. The van der Waals surface area contributed by atoms with Gasteiger partial charge in [0.1, 0.15) is 0 Å². The zero-order chi connectivity index (χ0) is 49.8. The first-order valence-corrected chi connectivity index (χ1v) is 25.8. The number of hydrogen-bond acceptors (Lipinski definition) is 3. The van der Waals surface area contributed by atoms with Gasteiger partial charge in [0.05, 0.1) is 44.1 Å². The predicted molar refractivity (Wildman–Crippen MR) is 313 cm³/mol. The molecule has 16 rings (SSSR count). The maximum atomic E-state index is 5.53. The van der Waals surface area contributed by atoms with Crippen LogP contribution in [0.25, 0.3) is 144 Å². The van der Waals surface area contributed by atoms with Crippen molar-refractivity contribution in [3.05, 3.63) is 261 Å². The van der Waals surface area contributed by atoms with Gasteiger partial charge in [0.15, 0.2) is 17.5 Å². The van der Waals surface area contributed by atoms with Crippen LogP contribution in [0.2, 0.25) is 0 Å². The Morgan fingerprint density at radius 3 is 1.11 bits per heavy atom. The molecule has 5 aromatic heterocycles. The zero-order valence-electron chi connectivity index (χ0n) is 41.0. The highest BCUT2D eigenvalue weighted by molar-refractivity contribution is 6.29. The summed E-state index contributed by atoms with van der Waals surface area (Å²) >= 11 is 0. The van der Waals surface area contributed by atoms with Crippen LogP contribution in [0, 0.1) is 0 Å². The second-order valence-corrected chi connectivity index (χ2v) is 19.5. The lowest BCUT2D eigenvalue weighted by Crippen LogP contribution is -2.03. The van der Waals surface area contributed by atoms with E-state index in [0.717, 1.165) is 94.3 Å². The van der Waals surface area contributed by atoms with Gasteiger partial charge < -0.3 is 18.3 Å². The minimum absolute atomic E-state index is 0.578. The Balaban J connectivity index is 1.12. The molecule has 7 nitrogen and oxygen atoms in total. The van der Waals surface area contributed by atoms with Crippen LogP contribution in [0.5, 0.6) is 0 Å². The maximum Gasteiger partial charge on any atom is 0.166 e. The molecule has 0 atom stereocenters. The van der Waals surface area contributed by atoms with Crippen molar-refractivity contribution in [3.8, 4) is 56.9 Å². The molecule has 0 bridgehead atoms. The van der Waals surface area contributed by atoms with E-state index in [1.807, 2.05) is 36.4 Å². The van der Waals surface area contributed by atoms with Crippen molar-refractivity contribution in [2.24, 2.45) is 0 Å². The Hall–Kier alpha value is -10.4. The molecule has 354 valence electrons. The Kier molecular flexibility index (Phi) is 9.20. The Labute approximate surface area is 436 Å². The number of para-hydroxylation sites is 6. The maximum absolute atomic E-state index is 5.53. The third kappa shape index (κ3) is 6.20. The summed E-state index contributed by atoms with van der Waals surface area (Å²) in [6.45, 7) is 0. The van der Waals surface area contributed by atoms with Crippen LogP contribution in [0.15, 0.2) is 261 Å². The second-order valence-electron chi connectivity index (χ2n) is 19.5. The van der Waals surface area contributed by atoms with Crippen LogP contribution >= 0.6 is 0 Å². The van der Waals surface area contributed by atoms with Crippen molar-refractivity contribution in [1.29, 1.82) is 0 Å². The molecule has 0 aliphatic heterocycles. The first kappa shape index (κ1) is 42.2. The Morgan fingerprint density at radius 2 is 0.605 bits per heavy atom. The van der Waals surface area contributed by atoms with Gasteiger partial charge in [0, 0.05) is 82.5 Å². The Bertz CT molecular complexity index is 4900. The molecule has 0 N–H and O–H groups in total. The average Bonchev–Trinajstić information content (AvgIpc) is 4.40. The fourth-order valence-corrected chi connectivity index (χ4v) is 12.2. The van der Waals surface area contributed by atoms with Crippen LogP contribution in [0.1, 0.15) is 0 Å². The van der Waals surface area contributed by atoms with Gasteiger partial charge in [-0.05, 0) is 78.9 Å². The van der Waals surface area contributed by atoms with Crippen molar-refractivity contribution in [1.82, 2.24) is 33.2 Å². The third-order valence-electron chi connectivity index (χ3n) is 15.4. The summed E-state index contributed by atoms with van der Waals surface area (Å²) < 4.78 is 9.79. The SMILES string of the molecule is c1ccc(-c2nc(-c3ccccc3)nc(-c3cc(-n4c5ccccc5c5ccc6c(c7ccccc7n6-c6ccccc6)c54)cc4c5ccc6c(c7ccccc7n6-c6ccccc6)c5n(-c5ccccc5)c34)n2)cc1. The van der Waals surface area contributed by atoms with Crippen molar-refractivity contribution in [2.75, 3.05) is 0 Å². The lowest BCUT2D eigenvalue weighted by molar-refractivity contribution is 1.07. The van der Waals surface area contributed by atoms with Gasteiger partial charge in [-0.2, -0.15) is 0 Å². The molecule has 16 aromatic rings. The van der Waals surface area contributed by atoms with E-state index in [0.29, 0.717) is 17.5 Å². The van der Waals surface area contributed by atoms with Crippen LogP contribution in [-0.4, -0.2) is 33.2 Å².